The van der Waals surface area contributed by atoms with Gasteiger partial charge in [0, 0.05) is 17.8 Å². The minimum absolute atomic E-state index is 0.807. The average molecular weight is 241 g/mol. The van der Waals surface area contributed by atoms with E-state index in [-0.39, 0.29) is 0 Å². The summed E-state index contributed by atoms with van der Waals surface area (Å²) in [4.78, 5) is 0. The first-order valence-electron chi connectivity index (χ1n) is 7.25. The van der Waals surface area contributed by atoms with Crippen molar-refractivity contribution >= 4 is 11.8 Å². The first-order chi connectivity index (χ1) is 7.90. The minimum Gasteiger partial charge on any atom is -0.313 e. The molecule has 2 unspecified atom stereocenters. The Hall–Kier alpha value is 0.310. The van der Waals surface area contributed by atoms with Gasteiger partial charge < -0.3 is 5.32 Å². The number of rotatable bonds is 5. The van der Waals surface area contributed by atoms with E-state index in [1.54, 1.807) is 0 Å². The normalized spacial score (nSPS) is 29.4. The van der Waals surface area contributed by atoms with Crippen molar-refractivity contribution in [3.8, 4) is 0 Å². The molecule has 94 valence electrons. The van der Waals surface area contributed by atoms with Crippen molar-refractivity contribution in [3.63, 3.8) is 0 Å². The Morgan fingerprint density at radius 1 is 1.12 bits per heavy atom. The molecule has 1 aliphatic carbocycles. The van der Waals surface area contributed by atoms with Gasteiger partial charge in [-0.05, 0) is 43.8 Å². The Labute approximate surface area is 105 Å². The third-order valence-electron chi connectivity index (χ3n) is 4.29. The van der Waals surface area contributed by atoms with Crippen LogP contribution in [0.3, 0.4) is 0 Å². The van der Waals surface area contributed by atoms with Crippen molar-refractivity contribution in [1.82, 2.24) is 5.32 Å². The first kappa shape index (κ1) is 12.8. The summed E-state index contributed by atoms with van der Waals surface area (Å²) in [6.07, 6.45) is 11.6. The molecule has 2 atom stereocenters. The van der Waals surface area contributed by atoms with Crippen LogP contribution in [-0.4, -0.2) is 23.6 Å². The van der Waals surface area contributed by atoms with E-state index < -0.39 is 0 Å². The first-order valence-corrected chi connectivity index (χ1v) is 8.30. The minimum atomic E-state index is 0.807. The fourth-order valence-electron chi connectivity index (χ4n) is 3.27. The Balaban J connectivity index is 1.70. The molecule has 0 aromatic carbocycles. The molecule has 1 aliphatic heterocycles. The third kappa shape index (κ3) is 3.66. The van der Waals surface area contributed by atoms with Crippen LogP contribution in [0.2, 0.25) is 0 Å². The van der Waals surface area contributed by atoms with Gasteiger partial charge in [0.2, 0.25) is 0 Å². The second-order valence-electron chi connectivity index (χ2n) is 5.46. The largest absolute Gasteiger partial charge is 0.313 e. The maximum Gasteiger partial charge on any atom is 0.0172 e. The molecule has 2 fully saturated rings. The summed E-state index contributed by atoms with van der Waals surface area (Å²) in [5.41, 5.74) is 0. The molecule has 1 N–H and O–H groups in total. The molecule has 0 aromatic rings. The standard InChI is InChI=1S/C14H27NS/c1-2-14(12-7-4-3-5-8-12)15-11-13-9-6-10-16-13/h12-15H,2-11H2,1H3. The molecule has 2 rings (SSSR count). The van der Waals surface area contributed by atoms with Crippen molar-refractivity contribution in [2.24, 2.45) is 5.92 Å². The van der Waals surface area contributed by atoms with Gasteiger partial charge in [0.05, 0.1) is 0 Å². The van der Waals surface area contributed by atoms with Gasteiger partial charge in [-0.2, -0.15) is 11.8 Å². The molecular formula is C14H27NS. The Morgan fingerprint density at radius 2 is 1.94 bits per heavy atom. The lowest BCUT2D eigenvalue weighted by atomic mass is 9.83. The Kier molecular flexibility index (Phi) is 5.51. The highest BCUT2D eigenvalue weighted by Gasteiger charge is 2.23. The topological polar surface area (TPSA) is 12.0 Å². The van der Waals surface area contributed by atoms with Gasteiger partial charge in [-0.15, -0.1) is 0 Å². The third-order valence-corrected chi connectivity index (χ3v) is 5.69. The quantitative estimate of drug-likeness (QED) is 0.785. The van der Waals surface area contributed by atoms with Crippen LogP contribution in [0.5, 0.6) is 0 Å². The van der Waals surface area contributed by atoms with Crippen LogP contribution in [0.4, 0.5) is 0 Å². The molecule has 0 radical (unpaired) electrons. The van der Waals surface area contributed by atoms with Gasteiger partial charge in [0.15, 0.2) is 0 Å². The predicted molar refractivity (Wildman–Crippen MR) is 74.1 cm³/mol. The van der Waals surface area contributed by atoms with E-state index in [0.717, 1.165) is 17.2 Å². The summed E-state index contributed by atoms with van der Waals surface area (Å²) in [5.74, 6) is 2.37. The second kappa shape index (κ2) is 6.90. The molecule has 1 saturated carbocycles. The maximum absolute atomic E-state index is 3.86. The molecular weight excluding hydrogens is 214 g/mol. The van der Waals surface area contributed by atoms with Gasteiger partial charge in [-0.1, -0.05) is 26.2 Å². The zero-order valence-electron chi connectivity index (χ0n) is 10.7. The van der Waals surface area contributed by atoms with Crippen LogP contribution in [-0.2, 0) is 0 Å². The highest BCUT2D eigenvalue weighted by molar-refractivity contribution is 8.00. The van der Waals surface area contributed by atoms with Crippen LogP contribution >= 0.6 is 11.8 Å². The lowest BCUT2D eigenvalue weighted by Gasteiger charge is -2.31. The molecule has 0 aromatic heterocycles. The number of thioether (sulfide) groups is 1. The summed E-state index contributed by atoms with van der Waals surface area (Å²) in [7, 11) is 0. The van der Waals surface area contributed by atoms with Crippen molar-refractivity contribution in [2.75, 3.05) is 12.3 Å². The second-order valence-corrected chi connectivity index (χ2v) is 6.86. The van der Waals surface area contributed by atoms with Crippen LogP contribution in [0.15, 0.2) is 0 Å². The molecule has 0 amide bonds. The Bertz CT molecular complexity index is 183. The van der Waals surface area contributed by atoms with Crippen molar-refractivity contribution in [3.05, 3.63) is 0 Å². The molecule has 16 heavy (non-hydrogen) atoms. The lowest BCUT2D eigenvalue weighted by molar-refractivity contribution is 0.263. The number of hydrogen-bond donors (Lipinski definition) is 1. The van der Waals surface area contributed by atoms with E-state index in [1.165, 1.54) is 63.7 Å². The molecule has 2 aliphatic rings. The average Bonchev–Trinajstić information content (AvgIpc) is 2.84. The van der Waals surface area contributed by atoms with Crippen molar-refractivity contribution < 1.29 is 0 Å². The van der Waals surface area contributed by atoms with Gasteiger partial charge in [-0.3, -0.25) is 0 Å². The van der Waals surface area contributed by atoms with Gasteiger partial charge in [0.1, 0.15) is 0 Å². The fourth-order valence-corrected chi connectivity index (χ4v) is 4.48. The van der Waals surface area contributed by atoms with Gasteiger partial charge in [-0.25, -0.2) is 0 Å². The molecule has 2 heteroatoms. The van der Waals surface area contributed by atoms with Crippen LogP contribution in [0, 0.1) is 5.92 Å². The van der Waals surface area contributed by atoms with Crippen molar-refractivity contribution in [2.45, 2.75) is 69.6 Å². The molecule has 0 bridgehead atoms. The van der Waals surface area contributed by atoms with Gasteiger partial charge in [0.25, 0.3) is 0 Å². The van der Waals surface area contributed by atoms with Crippen LogP contribution in [0.1, 0.15) is 58.3 Å². The number of hydrogen-bond acceptors (Lipinski definition) is 2. The fraction of sp³-hybridized carbons (Fsp3) is 1.00. The van der Waals surface area contributed by atoms with Crippen LogP contribution < -0.4 is 5.32 Å². The van der Waals surface area contributed by atoms with E-state index in [2.05, 4.69) is 24.0 Å². The highest BCUT2D eigenvalue weighted by atomic mass is 32.2. The summed E-state index contributed by atoms with van der Waals surface area (Å²) in [5, 5.41) is 4.77. The van der Waals surface area contributed by atoms with E-state index in [1.807, 2.05) is 0 Å². The predicted octanol–water partition coefficient (Wildman–Crippen LogP) is 3.83. The molecule has 1 heterocycles. The van der Waals surface area contributed by atoms with E-state index in [0.29, 0.717) is 0 Å². The summed E-state index contributed by atoms with van der Waals surface area (Å²) in [6.45, 7) is 3.62. The zero-order chi connectivity index (χ0) is 11.2. The highest BCUT2D eigenvalue weighted by Crippen LogP contribution is 2.29. The van der Waals surface area contributed by atoms with E-state index in [4.69, 9.17) is 0 Å². The molecule has 1 nitrogen and oxygen atoms in total. The number of nitrogens with one attached hydrogen (secondary N) is 1. The maximum atomic E-state index is 3.86. The Morgan fingerprint density at radius 3 is 2.56 bits per heavy atom. The SMILES string of the molecule is CCC(NCC1CCCS1)C1CCCCC1. The monoisotopic (exact) mass is 241 g/mol. The smallest absolute Gasteiger partial charge is 0.0172 e. The van der Waals surface area contributed by atoms with Crippen LogP contribution in [0.25, 0.3) is 0 Å². The summed E-state index contributed by atoms with van der Waals surface area (Å²) < 4.78 is 0. The molecule has 0 spiro atoms. The summed E-state index contributed by atoms with van der Waals surface area (Å²) in [6, 6.07) is 0.807. The zero-order valence-corrected chi connectivity index (χ0v) is 11.5. The van der Waals surface area contributed by atoms with E-state index in [9.17, 15) is 0 Å². The van der Waals surface area contributed by atoms with Crippen molar-refractivity contribution in [1.29, 1.82) is 0 Å². The molecule has 1 saturated heterocycles. The lowest BCUT2D eigenvalue weighted by Crippen LogP contribution is -2.39. The van der Waals surface area contributed by atoms with E-state index >= 15 is 0 Å². The van der Waals surface area contributed by atoms with Gasteiger partial charge >= 0.3 is 0 Å². The summed E-state index contributed by atoms with van der Waals surface area (Å²) >= 11 is 2.18.